The lowest BCUT2D eigenvalue weighted by Gasteiger charge is -2.48. The number of nitrogens with two attached hydrogens (primary N) is 1. The highest BCUT2D eigenvalue weighted by Crippen LogP contribution is 2.40. The van der Waals surface area contributed by atoms with E-state index in [4.69, 9.17) is 10.2 Å². The van der Waals surface area contributed by atoms with E-state index in [9.17, 15) is 9.59 Å². The smallest absolute Gasteiger partial charge is 0.342 e. The summed E-state index contributed by atoms with van der Waals surface area (Å²) < 4.78 is 5.50. The van der Waals surface area contributed by atoms with Crippen LogP contribution < -0.4 is 5.73 Å². The molecule has 0 aromatic rings. The van der Waals surface area contributed by atoms with E-state index in [-0.39, 0.29) is 11.3 Å². The van der Waals surface area contributed by atoms with Crippen molar-refractivity contribution < 1.29 is 14.0 Å². The average Bonchev–Trinajstić information content (AvgIpc) is 2.33. The second kappa shape index (κ2) is 4.81. The minimum atomic E-state index is -2.01. The van der Waals surface area contributed by atoms with Crippen LogP contribution in [0.1, 0.15) is 0 Å². The molecule has 1 unspecified atom stereocenters. The van der Waals surface area contributed by atoms with E-state index >= 15 is 0 Å². The molecule has 0 aromatic heterocycles. The highest BCUT2D eigenvalue weighted by molar-refractivity contribution is 8.00. The van der Waals surface area contributed by atoms with Crippen molar-refractivity contribution >= 4 is 32.0 Å². The first kappa shape index (κ1) is 14.4. The van der Waals surface area contributed by atoms with Crippen LogP contribution in [0, 0.1) is 0 Å². The molecule has 2 aliphatic rings. The fourth-order valence-corrected chi connectivity index (χ4v) is 3.95. The molecule has 0 aliphatic carbocycles. The van der Waals surface area contributed by atoms with Crippen LogP contribution in [-0.4, -0.2) is 42.3 Å². The minimum Gasteiger partial charge on any atom is -0.515 e. The Bertz CT molecular complexity index is 484. The molecule has 104 valence electrons. The topological polar surface area (TPSA) is 72.6 Å². The van der Waals surface area contributed by atoms with Crippen molar-refractivity contribution in [3.63, 3.8) is 0 Å². The zero-order valence-electron chi connectivity index (χ0n) is 11.3. The zero-order valence-corrected chi connectivity index (χ0v) is 13.1. The highest BCUT2D eigenvalue weighted by atomic mass is 32.2. The summed E-state index contributed by atoms with van der Waals surface area (Å²) in [6, 6.07) is -0.522. The fourth-order valence-electron chi connectivity index (χ4n) is 2.01. The van der Waals surface area contributed by atoms with Gasteiger partial charge in [0.15, 0.2) is 0 Å². The number of nitrogens with zero attached hydrogens (tertiary/aromatic N) is 1. The Morgan fingerprint density at radius 2 is 2.21 bits per heavy atom. The Labute approximate surface area is 118 Å². The van der Waals surface area contributed by atoms with Crippen molar-refractivity contribution in [1.29, 1.82) is 0 Å². The molecule has 0 bridgehead atoms. The Balaban J connectivity index is 2.33. The van der Waals surface area contributed by atoms with Crippen LogP contribution in [0.5, 0.6) is 0 Å². The maximum atomic E-state index is 12.3. The third kappa shape index (κ3) is 2.50. The molecular weight excluding hydrogens is 280 g/mol. The molecule has 2 atom stereocenters. The van der Waals surface area contributed by atoms with Crippen molar-refractivity contribution in [2.75, 3.05) is 5.75 Å². The number of β-lactam (4-membered cyclic amide) rings is 1. The molecule has 5 nitrogen and oxygen atoms in total. The number of allylic oxidation sites excluding steroid dienone is 1. The number of amides is 1. The Kier molecular flexibility index (Phi) is 3.63. The van der Waals surface area contributed by atoms with Gasteiger partial charge < -0.3 is 10.2 Å². The number of thioether (sulfide) groups is 1. The molecular formula is C12H18N2O3SSi. The summed E-state index contributed by atoms with van der Waals surface area (Å²) >= 11 is 1.55. The number of rotatable bonds is 3. The van der Waals surface area contributed by atoms with E-state index in [0.717, 1.165) is 5.57 Å². The summed E-state index contributed by atoms with van der Waals surface area (Å²) in [6.45, 7) is 9.49. The quantitative estimate of drug-likeness (QED) is 0.623. The van der Waals surface area contributed by atoms with Crippen LogP contribution in [0.25, 0.3) is 0 Å². The summed E-state index contributed by atoms with van der Waals surface area (Å²) in [7, 11) is -2.01. The standard InChI is InChI=1S/C12H18N2O3SSi/c1-5-7-6-18-11-8(13)10(15)14(11)9(7)12(16)17-19(2,3)4/h5,8,11H,1,6,13H2,2-4H3/t8?,11-/m0/s1. The monoisotopic (exact) mass is 298 g/mol. The first-order chi connectivity index (χ1) is 8.76. The van der Waals surface area contributed by atoms with E-state index < -0.39 is 20.3 Å². The lowest BCUT2D eigenvalue weighted by molar-refractivity contribution is -0.147. The van der Waals surface area contributed by atoms with E-state index in [1.807, 2.05) is 19.6 Å². The van der Waals surface area contributed by atoms with Gasteiger partial charge in [0.2, 0.25) is 14.2 Å². The van der Waals surface area contributed by atoms with Gasteiger partial charge in [-0.25, -0.2) is 4.79 Å². The van der Waals surface area contributed by atoms with E-state index in [1.54, 1.807) is 17.8 Å². The molecule has 7 heteroatoms. The van der Waals surface area contributed by atoms with Crippen LogP contribution in [0.2, 0.25) is 19.6 Å². The average molecular weight is 298 g/mol. The molecule has 1 saturated heterocycles. The number of hydrogen-bond donors (Lipinski definition) is 1. The highest BCUT2D eigenvalue weighted by Gasteiger charge is 2.51. The van der Waals surface area contributed by atoms with Crippen LogP contribution >= 0.6 is 11.8 Å². The number of carbonyl (C=O) groups excluding carboxylic acids is 2. The van der Waals surface area contributed by atoms with Gasteiger partial charge in [-0.2, -0.15) is 0 Å². The molecule has 0 radical (unpaired) electrons. The predicted molar refractivity (Wildman–Crippen MR) is 77.7 cm³/mol. The van der Waals surface area contributed by atoms with Crippen LogP contribution in [0.3, 0.4) is 0 Å². The maximum Gasteiger partial charge on any atom is 0.342 e. The van der Waals surface area contributed by atoms with E-state index in [1.165, 1.54) is 4.90 Å². The SMILES string of the molecule is C=CC1=C(C(=O)O[Si](C)(C)C)N2C(=O)C(N)[C@@H]2SC1. The number of hydrogen-bond acceptors (Lipinski definition) is 5. The maximum absolute atomic E-state index is 12.3. The summed E-state index contributed by atoms with van der Waals surface area (Å²) in [5.74, 6) is -0.0272. The molecule has 19 heavy (non-hydrogen) atoms. The third-order valence-corrected chi connectivity index (χ3v) is 5.00. The molecule has 0 aromatic carbocycles. The van der Waals surface area contributed by atoms with Gasteiger partial charge in [0, 0.05) is 5.75 Å². The van der Waals surface area contributed by atoms with Crippen molar-refractivity contribution in [3.05, 3.63) is 23.9 Å². The second-order valence-corrected chi connectivity index (χ2v) is 11.0. The Morgan fingerprint density at radius 1 is 1.58 bits per heavy atom. The lowest BCUT2D eigenvalue weighted by Crippen LogP contribution is -2.68. The van der Waals surface area contributed by atoms with Crippen molar-refractivity contribution in [3.8, 4) is 0 Å². The summed E-state index contributed by atoms with van der Waals surface area (Å²) in [4.78, 5) is 25.6. The summed E-state index contributed by atoms with van der Waals surface area (Å²) in [6.07, 6.45) is 1.61. The molecule has 2 heterocycles. The van der Waals surface area contributed by atoms with Gasteiger partial charge in [0.05, 0.1) is 0 Å². The zero-order chi connectivity index (χ0) is 14.4. The fraction of sp³-hybridized carbons (Fsp3) is 0.500. The second-order valence-electron chi connectivity index (χ2n) is 5.52. The van der Waals surface area contributed by atoms with Gasteiger partial charge in [-0.15, -0.1) is 11.8 Å². The van der Waals surface area contributed by atoms with Gasteiger partial charge in [-0.1, -0.05) is 12.7 Å². The molecule has 1 fully saturated rings. The molecule has 1 amide bonds. The first-order valence-corrected chi connectivity index (χ1v) is 10.5. The largest absolute Gasteiger partial charge is 0.515 e. The van der Waals surface area contributed by atoms with Crippen molar-refractivity contribution in [2.24, 2.45) is 5.73 Å². The number of fused-ring (bicyclic) bond motifs is 1. The van der Waals surface area contributed by atoms with E-state index in [2.05, 4.69) is 6.58 Å². The normalized spacial score (nSPS) is 26.7. The molecule has 2 N–H and O–H groups in total. The van der Waals surface area contributed by atoms with Crippen LogP contribution in [0.15, 0.2) is 23.9 Å². The molecule has 2 aliphatic heterocycles. The van der Waals surface area contributed by atoms with Crippen molar-refractivity contribution in [2.45, 2.75) is 31.1 Å². The van der Waals surface area contributed by atoms with E-state index in [0.29, 0.717) is 11.4 Å². The van der Waals surface area contributed by atoms with Gasteiger partial charge in [0.25, 0.3) is 0 Å². The minimum absolute atomic E-state index is 0.152. The Hall–Kier alpha value is -1.05. The van der Waals surface area contributed by atoms with Gasteiger partial charge in [-0.05, 0) is 25.2 Å². The molecule has 0 spiro atoms. The lowest BCUT2D eigenvalue weighted by atomic mass is 10.0. The molecule has 0 saturated carbocycles. The molecule has 2 rings (SSSR count). The van der Waals surface area contributed by atoms with Gasteiger partial charge in [0.1, 0.15) is 17.1 Å². The van der Waals surface area contributed by atoms with Crippen LogP contribution in [0.4, 0.5) is 0 Å². The van der Waals surface area contributed by atoms with Crippen molar-refractivity contribution in [1.82, 2.24) is 4.90 Å². The summed E-state index contributed by atoms with van der Waals surface area (Å²) in [5, 5.41) is -0.152. The van der Waals surface area contributed by atoms with Crippen LogP contribution in [-0.2, 0) is 14.0 Å². The predicted octanol–water partition coefficient (Wildman–Crippen LogP) is 1.05. The third-order valence-electron chi connectivity index (χ3n) is 2.88. The Morgan fingerprint density at radius 3 is 2.74 bits per heavy atom. The first-order valence-electron chi connectivity index (χ1n) is 6.05. The van der Waals surface area contributed by atoms with Gasteiger partial charge >= 0.3 is 5.97 Å². The summed E-state index contributed by atoms with van der Waals surface area (Å²) in [5.41, 5.74) is 6.82. The van der Waals surface area contributed by atoms with Gasteiger partial charge in [-0.3, -0.25) is 9.69 Å². The number of carbonyl (C=O) groups is 2.